The van der Waals surface area contributed by atoms with E-state index in [0.717, 1.165) is 31.6 Å². The summed E-state index contributed by atoms with van der Waals surface area (Å²) in [6.45, 7) is 1.04. The van der Waals surface area contributed by atoms with Crippen LogP contribution < -0.4 is 16.2 Å². The number of benzene rings is 1. The molecular formula is C19H26ClF3N4O2S. The Bertz CT molecular complexity index is 810. The van der Waals surface area contributed by atoms with Crippen molar-refractivity contribution >= 4 is 34.9 Å². The van der Waals surface area contributed by atoms with Crippen LogP contribution in [0.1, 0.15) is 18.4 Å². The number of hydrogen-bond donors (Lipinski definition) is 3. The lowest BCUT2D eigenvalue weighted by Crippen LogP contribution is -2.65. The monoisotopic (exact) mass is 466 g/mol. The quantitative estimate of drug-likeness (QED) is 0.420. The molecule has 1 saturated heterocycles. The molecule has 168 valence electrons. The molecule has 0 bridgehead atoms. The van der Waals surface area contributed by atoms with Crippen LogP contribution in [0.15, 0.2) is 18.3 Å². The number of anilines is 1. The molecule has 30 heavy (non-hydrogen) atoms. The van der Waals surface area contributed by atoms with Crippen LogP contribution in [0.3, 0.4) is 0 Å². The maximum absolute atomic E-state index is 12.7. The van der Waals surface area contributed by atoms with Crippen LogP contribution in [0.2, 0.25) is 5.02 Å². The number of aliphatic hydroxyl groups excluding tert-OH is 1. The molecule has 2 aliphatic rings. The minimum Gasteiger partial charge on any atom is -0.495 e. The molecule has 1 aliphatic heterocycles. The Hall–Kier alpha value is -1.49. The first kappa shape index (κ1) is 23.2. The number of methoxy groups -OCH3 is 1. The van der Waals surface area contributed by atoms with Crippen molar-refractivity contribution in [1.29, 1.82) is 0 Å². The predicted molar refractivity (Wildman–Crippen MR) is 114 cm³/mol. The van der Waals surface area contributed by atoms with Crippen LogP contribution in [-0.2, 0) is 0 Å². The van der Waals surface area contributed by atoms with E-state index in [0.29, 0.717) is 22.0 Å². The molecule has 1 aromatic carbocycles. The molecule has 1 heterocycles. The molecule has 1 atom stereocenters. The lowest BCUT2D eigenvalue weighted by atomic mass is 9.60. The highest BCUT2D eigenvalue weighted by Gasteiger charge is 2.55. The van der Waals surface area contributed by atoms with Gasteiger partial charge in [-0.3, -0.25) is 0 Å². The molecule has 0 aromatic heterocycles. The molecule has 1 unspecified atom stereocenters. The van der Waals surface area contributed by atoms with E-state index in [1.165, 1.54) is 25.3 Å². The second-order valence-corrected chi connectivity index (χ2v) is 9.13. The average Bonchev–Trinajstić information content (AvgIpc) is 2.62. The van der Waals surface area contributed by atoms with Crippen molar-refractivity contribution in [2.45, 2.75) is 31.2 Å². The fourth-order valence-corrected chi connectivity index (χ4v) is 5.27. The van der Waals surface area contributed by atoms with Crippen LogP contribution in [0, 0.1) is 5.41 Å². The summed E-state index contributed by atoms with van der Waals surface area (Å²) >= 11 is 7.47. The Balaban J connectivity index is 1.60. The van der Waals surface area contributed by atoms with Gasteiger partial charge >= 0.3 is 6.18 Å². The summed E-state index contributed by atoms with van der Waals surface area (Å²) in [5.41, 5.74) is 14.0. The van der Waals surface area contributed by atoms with E-state index in [9.17, 15) is 18.3 Å². The largest absolute Gasteiger partial charge is 0.495 e. The highest BCUT2D eigenvalue weighted by Crippen LogP contribution is 2.53. The first-order valence-electron chi connectivity index (χ1n) is 9.39. The van der Waals surface area contributed by atoms with Crippen molar-refractivity contribution in [3.05, 3.63) is 28.9 Å². The summed E-state index contributed by atoms with van der Waals surface area (Å²) in [7, 11) is 1.51. The van der Waals surface area contributed by atoms with Gasteiger partial charge in [-0.05, 0) is 25.2 Å². The molecule has 1 aromatic rings. The van der Waals surface area contributed by atoms with Gasteiger partial charge in [0.1, 0.15) is 5.75 Å². The normalized spacial score (nSPS) is 20.3. The summed E-state index contributed by atoms with van der Waals surface area (Å²) in [6.07, 6.45) is -2.19. The number of hydrogen-bond acceptors (Lipinski definition) is 7. The van der Waals surface area contributed by atoms with E-state index in [-0.39, 0.29) is 11.5 Å². The van der Waals surface area contributed by atoms with Crippen molar-refractivity contribution in [2.75, 3.05) is 38.7 Å². The summed E-state index contributed by atoms with van der Waals surface area (Å²) in [5.74, 6) is 0.481. The first-order valence-corrected chi connectivity index (χ1v) is 11.0. The fourth-order valence-electron chi connectivity index (χ4n) is 4.30. The van der Waals surface area contributed by atoms with Crippen LogP contribution in [0.5, 0.6) is 5.75 Å². The Morgan fingerprint density at radius 3 is 2.60 bits per heavy atom. The van der Waals surface area contributed by atoms with Gasteiger partial charge in [-0.15, -0.1) is 0 Å². The third-order valence-electron chi connectivity index (χ3n) is 5.86. The van der Waals surface area contributed by atoms with Gasteiger partial charge in [0.15, 0.2) is 6.10 Å². The topological polar surface area (TPSA) is 88.0 Å². The van der Waals surface area contributed by atoms with E-state index in [4.69, 9.17) is 27.8 Å². The van der Waals surface area contributed by atoms with Crippen LogP contribution >= 0.6 is 23.5 Å². The lowest BCUT2D eigenvalue weighted by molar-refractivity contribution is -0.208. The molecule has 1 spiro atoms. The number of ether oxygens (including phenoxy) is 1. The second kappa shape index (κ2) is 8.57. The molecule has 1 aliphatic carbocycles. The Morgan fingerprint density at radius 2 is 2.10 bits per heavy atom. The third-order valence-corrected chi connectivity index (χ3v) is 7.07. The zero-order valence-corrected chi connectivity index (χ0v) is 18.3. The van der Waals surface area contributed by atoms with E-state index in [1.54, 1.807) is 22.7 Å². The SMILES string of the molecule is COc1cc(N)c(/C(=C\N)N2CC3(CC(N(CC(O)C(F)(F)F)SC)C3)C2)cc1Cl. The molecule has 3 rings (SSSR count). The number of aliphatic hydroxyl groups is 1. The fraction of sp³-hybridized carbons (Fsp3) is 0.579. The van der Waals surface area contributed by atoms with E-state index in [1.807, 2.05) is 0 Å². The number of nitrogens with zero attached hydrogens (tertiary/aromatic N) is 2. The standard InChI is InChI=1S/C19H26ClF3N4O2S/c1-29-16-4-14(25)12(3-13(16)20)15(7-24)26-9-18(10-26)5-11(6-18)27(30-2)8-17(28)19(21,22)23/h3-4,7,11,17,28H,5-6,8-10,24-25H2,1-2H3/b15-7+. The Kier molecular flexibility index (Phi) is 6.62. The van der Waals surface area contributed by atoms with E-state index >= 15 is 0 Å². The zero-order valence-electron chi connectivity index (χ0n) is 16.7. The minimum absolute atomic E-state index is 0.00459. The molecular weight excluding hydrogens is 441 g/mol. The van der Waals surface area contributed by atoms with Gasteiger partial charge < -0.3 is 26.2 Å². The van der Waals surface area contributed by atoms with Gasteiger partial charge in [0.05, 0.1) is 17.8 Å². The third kappa shape index (κ3) is 4.42. The molecule has 2 fully saturated rings. The molecule has 1 saturated carbocycles. The summed E-state index contributed by atoms with van der Waals surface area (Å²) in [4.78, 5) is 2.10. The van der Waals surface area contributed by atoms with Gasteiger partial charge in [-0.25, -0.2) is 4.31 Å². The smallest absolute Gasteiger partial charge is 0.415 e. The van der Waals surface area contributed by atoms with Crippen molar-refractivity contribution in [3.8, 4) is 5.75 Å². The van der Waals surface area contributed by atoms with Crippen LogP contribution in [-0.4, -0.2) is 65.6 Å². The number of nitrogen functional groups attached to an aromatic ring is 1. The second-order valence-electron chi connectivity index (χ2n) is 7.88. The summed E-state index contributed by atoms with van der Waals surface area (Å²) < 4.78 is 44.8. The van der Waals surface area contributed by atoms with Gasteiger partial charge in [-0.2, -0.15) is 13.2 Å². The number of nitrogens with two attached hydrogens (primary N) is 2. The Labute approximate surface area is 183 Å². The van der Waals surface area contributed by atoms with Gasteiger partial charge in [0.25, 0.3) is 0 Å². The average molecular weight is 467 g/mol. The molecule has 6 nitrogen and oxygen atoms in total. The van der Waals surface area contributed by atoms with Gasteiger partial charge in [0.2, 0.25) is 0 Å². The van der Waals surface area contributed by atoms with E-state index in [2.05, 4.69) is 4.90 Å². The molecule has 0 radical (unpaired) electrons. The number of likely N-dealkylation sites (tertiary alicyclic amines) is 1. The summed E-state index contributed by atoms with van der Waals surface area (Å²) in [5, 5.41) is 9.80. The van der Waals surface area contributed by atoms with Gasteiger partial charge in [-0.1, -0.05) is 23.5 Å². The van der Waals surface area contributed by atoms with Gasteiger partial charge in [0, 0.05) is 54.6 Å². The van der Waals surface area contributed by atoms with Crippen molar-refractivity contribution in [2.24, 2.45) is 11.1 Å². The lowest BCUT2D eigenvalue weighted by Gasteiger charge is -2.62. The maximum Gasteiger partial charge on any atom is 0.415 e. The zero-order chi connectivity index (χ0) is 22.3. The number of halogens is 4. The highest BCUT2D eigenvalue weighted by molar-refractivity contribution is 7.96. The number of rotatable bonds is 7. The van der Waals surface area contributed by atoms with Crippen molar-refractivity contribution < 1.29 is 23.0 Å². The number of alkyl halides is 3. The molecule has 5 N–H and O–H groups in total. The minimum atomic E-state index is -4.61. The van der Waals surface area contributed by atoms with Crippen molar-refractivity contribution in [3.63, 3.8) is 0 Å². The molecule has 11 heteroatoms. The van der Waals surface area contributed by atoms with Crippen LogP contribution in [0.25, 0.3) is 5.70 Å². The Morgan fingerprint density at radius 1 is 1.47 bits per heavy atom. The highest BCUT2D eigenvalue weighted by atomic mass is 35.5. The maximum atomic E-state index is 12.7. The van der Waals surface area contributed by atoms with E-state index < -0.39 is 18.8 Å². The predicted octanol–water partition coefficient (Wildman–Crippen LogP) is 3.16. The van der Waals surface area contributed by atoms with Crippen molar-refractivity contribution in [1.82, 2.24) is 9.21 Å². The first-order chi connectivity index (χ1) is 14.0. The summed E-state index contributed by atoms with van der Waals surface area (Å²) in [6, 6.07) is 3.38. The van der Waals surface area contributed by atoms with Crippen LogP contribution in [0.4, 0.5) is 18.9 Å². The molecule has 0 amide bonds.